The number of rotatable bonds is 6. The highest BCUT2D eigenvalue weighted by molar-refractivity contribution is 5.99. The fourth-order valence-corrected chi connectivity index (χ4v) is 3.97. The van der Waals surface area contributed by atoms with Crippen molar-refractivity contribution in [3.05, 3.63) is 113 Å². The van der Waals surface area contributed by atoms with Crippen LogP contribution >= 0.6 is 0 Å². The van der Waals surface area contributed by atoms with Crippen molar-refractivity contribution in [2.75, 3.05) is 5.32 Å². The molecule has 5 rings (SSSR count). The van der Waals surface area contributed by atoms with Gasteiger partial charge >= 0.3 is 0 Å². The number of benzene rings is 3. The first-order valence-corrected chi connectivity index (χ1v) is 10.6. The molecule has 168 valence electrons. The van der Waals surface area contributed by atoms with Crippen molar-refractivity contribution in [3.8, 4) is 0 Å². The molecule has 8 heteroatoms. The molecule has 0 bridgehead atoms. The van der Waals surface area contributed by atoms with Gasteiger partial charge < -0.3 is 5.32 Å². The number of nitrogens with one attached hydrogen (secondary N) is 1. The molecular weight excluding hydrogens is 435 g/mol. The second-order valence-corrected chi connectivity index (χ2v) is 7.85. The quantitative estimate of drug-likeness (QED) is 0.395. The minimum atomic E-state index is -0.450. The molecule has 0 fully saturated rings. The van der Waals surface area contributed by atoms with Crippen LogP contribution in [0.1, 0.15) is 15.9 Å². The summed E-state index contributed by atoms with van der Waals surface area (Å²) in [4.78, 5) is 42.7. The van der Waals surface area contributed by atoms with Gasteiger partial charge in [0.25, 0.3) is 5.56 Å². The number of carbonyl (C=O) groups is 2. The average molecular weight is 454 g/mol. The van der Waals surface area contributed by atoms with Gasteiger partial charge in [-0.05, 0) is 35.9 Å². The normalized spacial score (nSPS) is 11.1. The van der Waals surface area contributed by atoms with E-state index in [1.807, 2.05) is 12.1 Å². The first-order chi connectivity index (χ1) is 16.5. The monoisotopic (exact) mass is 454 g/mol. The van der Waals surface area contributed by atoms with Crippen LogP contribution in [0.3, 0.4) is 0 Å². The smallest absolute Gasteiger partial charge is 0.262 e. The maximum Gasteiger partial charge on any atom is 0.262 e. The molecule has 1 N–H and O–H groups in total. The number of nitrogens with zero attached hydrogens (tertiary/aromatic N) is 3. The molecular formula is C26H19FN4O3. The van der Waals surface area contributed by atoms with Gasteiger partial charge in [0.2, 0.25) is 5.91 Å². The van der Waals surface area contributed by atoms with E-state index in [0.717, 1.165) is 0 Å². The molecule has 5 aromatic rings. The Bertz CT molecular complexity index is 1620. The number of amides is 1. The summed E-state index contributed by atoms with van der Waals surface area (Å²) in [5.74, 6) is -1.15. The van der Waals surface area contributed by atoms with Crippen molar-refractivity contribution >= 4 is 33.9 Å². The van der Waals surface area contributed by atoms with E-state index in [4.69, 9.17) is 0 Å². The number of hydrogen-bond donors (Lipinski definition) is 1. The Balaban J connectivity index is 1.39. The van der Waals surface area contributed by atoms with Crippen LogP contribution in [0.2, 0.25) is 0 Å². The van der Waals surface area contributed by atoms with Crippen LogP contribution < -0.4 is 10.9 Å². The van der Waals surface area contributed by atoms with Crippen LogP contribution in [0.4, 0.5) is 10.1 Å². The molecule has 0 aliphatic carbocycles. The minimum Gasteiger partial charge on any atom is -0.326 e. The molecule has 0 aliphatic heterocycles. The number of anilines is 1. The Morgan fingerprint density at radius 3 is 2.62 bits per heavy atom. The molecule has 3 aromatic carbocycles. The zero-order valence-corrected chi connectivity index (χ0v) is 17.9. The largest absolute Gasteiger partial charge is 0.326 e. The molecule has 0 atom stereocenters. The number of aromatic nitrogens is 3. The number of ketones is 1. The zero-order chi connectivity index (χ0) is 23.7. The van der Waals surface area contributed by atoms with Crippen LogP contribution in [0.15, 0.2) is 90.1 Å². The second-order valence-electron chi connectivity index (χ2n) is 7.85. The summed E-state index contributed by atoms with van der Waals surface area (Å²) in [6.45, 7) is -0.189. The molecule has 0 radical (unpaired) electrons. The van der Waals surface area contributed by atoms with E-state index < -0.39 is 11.7 Å². The van der Waals surface area contributed by atoms with Crippen LogP contribution in [0.5, 0.6) is 0 Å². The fraction of sp³-hybridized carbons (Fsp3) is 0.0769. The van der Waals surface area contributed by atoms with Gasteiger partial charge in [0.15, 0.2) is 5.78 Å². The highest BCUT2D eigenvalue weighted by Crippen LogP contribution is 2.16. The number of fused-ring (bicyclic) bond motifs is 3. The van der Waals surface area contributed by atoms with E-state index in [0.29, 0.717) is 27.8 Å². The number of imidazole rings is 1. The van der Waals surface area contributed by atoms with E-state index in [1.54, 1.807) is 71.5 Å². The molecule has 0 spiro atoms. The lowest BCUT2D eigenvalue weighted by Crippen LogP contribution is -2.26. The Hall–Kier alpha value is -4.59. The standard InChI is InChI=1S/C26H19FN4O3/c27-21-10-3-1-6-17(21)13-24(33)29-19-8-5-7-18(12-19)23(32)15-30-25-14-28-16-31(25)22-11-4-2-9-20(22)26(30)34/h1-12,14,16H,13,15H2,(H,29,33). The maximum absolute atomic E-state index is 13.8. The Morgan fingerprint density at radius 2 is 1.76 bits per heavy atom. The van der Waals surface area contributed by atoms with E-state index >= 15 is 0 Å². The van der Waals surface area contributed by atoms with E-state index in [1.165, 1.54) is 10.6 Å². The molecule has 1 amide bonds. The van der Waals surface area contributed by atoms with Crippen molar-refractivity contribution in [2.45, 2.75) is 13.0 Å². The third-order valence-corrected chi connectivity index (χ3v) is 5.61. The SMILES string of the molecule is O=C(Cc1ccccc1F)Nc1cccc(C(=O)Cn2c(=O)c3ccccc3n3cncc23)c1. The van der Waals surface area contributed by atoms with Gasteiger partial charge in [-0.15, -0.1) is 0 Å². The van der Waals surface area contributed by atoms with E-state index in [-0.39, 0.29) is 29.9 Å². The Kier molecular flexibility index (Phi) is 5.47. The van der Waals surface area contributed by atoms with Crippen LogP contribution in [-0.2, 0) is 17.8 Å². The first kappa shape index (κ1) is 21.3. The van der Waals surface area contributed by atoms with Crippen molar-refractivity contribution in [1.29, 1.82) is 0 Å². The third-order valence-electron chi connectivity index (χ3n) is 5.61. The lowest BCUT2D eigenvalue weighted by molar-refractivity contribution is -0.115. The maximum atomic E-state index is 13.8. The van der Waals surface area contributed by atoms with Crippen molar-refractivity contribution in [2.24, 2.45) is 0 Å². The van der Waals surface area contributed by atoms with Gasteiger partial charge in [-0.1, -0.05) is 42.5 Å². The van der Waals surface area contributed by atoms with Gasteiger partial charge in [0, 0.05) is 11.3 Å². The number of carbonyl (C=O) groups excluding carboxylic acids is 2. The summed E-state index contributed by atoms with van der Waals surface area (Å²) in [5.41, 5.74) is 1.96. The highest BCUT2D eigenvalue weighted by atomic mass is 19.1. The predicted molar refractivity (Wildman–Crippen MR) is 126 cm³/mol. The minimum absolute atomic E-state index is 0.128. The van der Waals surface area contributed by atoms with Gasteiger partial charge in [-0.2, -0.15) is 0 Å². The number of halogens is 1. The Morgan fingerprint density at radius 1 is 0.971 bits per heavy atom. The summed E-state index contributed by atoms with van der Waals surface area (Å²) in [6.07, 6.45) is 3.01. The van der Waals surface area contributed by atoms with Crippen molar-refractivity contribution in [3.63, 3.8) is 0 Å². The molecule has 0 aliphatic rings. The van der Waals surface area contributed by atoms with Gasteiger partial charge in [0.05, 0.1) is 30.1 Å². The Labute approximate surface area is 193 Å². The zero-order valence-electron chi connectivity index (χ0n) is 17.9. The number of Topliss-reactive ketones (excluding diaryl/α,β-unsaturated/α-hetero) is 1. The van der Waals surface area contributed by atoms with Gasteiger partial charge in [-0.3, -0.25) is 23.4 Å². The molecule has 2 aromatic heterocycles. The molecule has 2 heterocycles. The molecule has 0 saturated heterocycles. The lowest BCUT2D eigenvalue weighted by Gasteiger charge is -2.11. The molecule has 34 heavy (non-hydrogen) atoms. The van der Waals surface area contributed by atoms with Gasteiger partial charge in [0.1, 0.15) is 17.8 Å². The topological polar surface area (TPSA) is 85.5 Å². The van der Waals surface area contributed by atoms with Gasteiger partial charge in [-0.25, -0.2) is 9.37 Å². The second kappa shape index (κ2) is 8.74. The van der Waals surface area contributed by atoms with Crippen LogP contribution in [-0.4, -0.2) is 25.6 Å². The lowest BCUT2D eigenvalue weighted by atomic mass is 10.1. The number of para-hydroxylation sites is 1. The summed E-state index contributed by atoms with van der Waals surface area (Å²) in [5, 5.41) is 3.18. The number of hydrogen-bond acceptors (Lipinski definition) is 4. The van der Waals surface area contributed by atoms with Crippen molar-refractivity contribution < 1.29 is 14.0 Å². The van der Waals surface area contributed by atoms with Crippen molar-refractivity contribution in [1.82, 2.24) is 14.0 Å². The first-order valence-electron chi connectivity index (χ1n) is 10.6. The molecule has 7 nitrogen and oxygen atoms in total. The van der Waals surface area contributed by atoms with E-state index in [9.17, 15) is 18.8 Å². The summed E-state index contributed by atoms with van der Waals surface area (Å²) < 4.78 is 17.0. The highest BCUT2D eigenvalue weighted by Gasteiger charge is 2.16. The van der Waals surface area contributed by atoms with Crippen LogP contribution in [0, 0.1) is 5.82 Å². The average Bonchev–Trinajstić information content (AvgIpc) is 3.33. The summed E-state index contributed by atoms with van der Waals surface area (Å²) in [7, 11) is 0. The molecule has 0 saturated carbocycles. The van der Waals surface area contributed by atoms with Crippen LogP contribution in [0.25, 0.3) is 16.6 Å². The molecule has 0 unspecified atom stereocenters. The fourth-order valence-electron chi connectivity index (χ4n) is 3.97. The summed E-state index contributed by atoms with van der Waals surface area (Å²) >= 11 is 0. The predicted octanol–water partition coefficient (Wildman–Crippen LogP) is 3.85. The third kappa shape index (κ3) is 3.97. The summed E-state index contributed by atoms with van der Waals surface area (Å²) in [6, 6.07) is 19.7. The van der Waals surface area contributed by atoms with E-state index in [2.05, 4.69) is 10.3 Å².